The molecule has 3 heterocycles. The third kappa shape index (κ3) is 6.44. The van der Waals surface area contributed by atoms with Gasteiger partial charge in [0.05, 0.1) is 31.9 Å². The Kier molecular flexibility index (Phi) is 8.44. The van der Waals surface area contributed by atoms with Crippen LogP contribution in [0.4, 0.5) is 4.39 Å². The molecule has 0 atom stereocenters. The van der Waals surface area contributed by atoms with Crippen LogP contribution in [0.2, 0.25) is 0 Å². The van der Waals surface area contributed by atoms with E-state index in [-0.39, 0.29) is 29.0 Å². The fourth-order valence-corrected chi connectivity index (χ4v) is 5.59. The van der Waals surface area contributed by atoms with Crippen molar-refractivity contribution in [2.45, 2.75) is 53.4 Å². The lowest BCUT2D eigenvalue weighted by Crippen LogP contribution is -2.55. The topological polar surface area (TPSA) is 54.8 Å². The van der Waals surface area contributed by atoms with Gasteiger partial charge in [-0.2, -0.15) is 0 Å². The number of nitrogens with zero attached hydrogens (tertiary/aromatic N) is 3. The largest absolute Gasteiger partial charge is 0.380 e. The first-order chi connectivity index (χ1) is 17.6. The summed E-state index contributed by atoms with van der Waals surface area (Å²) in [6.07, 6.45) is 5.29. The Morgan fingerprint density at radius 2 is 2.05 bits per heavy atom. The van der Waals surface area contributed by atoms with E-state index in [1.165, 1.54) is 23.5 Å². The maximum Gasteiger partial charge on any atom is 0.228 e. The Bertz CT molecular complexity index is 1190. The van der Waals surface area contributed by atoms with Crippen LogP contribution in [0.25, 0.3) is 11.1 Å². The molecule has 1 spiro atoms. The lowest BCUT2D eigenvalue weighted by Gasteiger charge is -2.48. The number of carbonyl (C=O) groups excluding carboxylic acids is 1. The summed E-state index contributed by atoms with van der Waals surface area (Å²) in [6, 6.07) is 6.46. The molecule has 0 saturated carbocycles. The van der Waals surface area contributed by atoms with Gasteiger partial charge in [-0.05, 0) is 54.9 Å². The number of amides is 1. The van der Waals surface area contributed by atoms with Crippen LogP contribution in [0, 0.1) is 16.6 Å². The van der Waals surface area contributed by atoms with Gasteiger partial charge in [0.15, 0.2) is 0 Å². The first kappa shape index (κ1) is 27.4. The van der Waals surface area contributed by atoms with Crippen LogP contribution in [0.3, 0.4) is 0 Å². The number of aromatic nitrogens is 1. The van der Waals surface area contributed by atoms with Crippen molar-refractivity contribution >= 4 is 34.6 Å². The van der Waals surface area contributed by atoms with Gasteiger partial charge in [0.1, 0.15) is 10.8 Å². The van der Waals surface area contributed by atoms with E-state index in [0.717, 1.165) is 78.6 Å². The number of likely N-dealkylation sites (tertiary alicyclic amines) is 1. The van der Waals surface area contributed by atoms with Crippen molar-refractivity contribution in [1.82, 2.24) is 9.88 Å². The zero-order valence-corrected chi connectivity index (χ0v) is 23.3. The van der Waals surface area contributed by atoms with Gasteiger partial charge in [-0.3, -0.25) is 9.79 Å². The van der Waals surface area contributed by atoms with Crippen LogP contribution in [-0.4, -0.2) is 54.9 Å². The van der Waals surface area contributed by atoms with Crippen molar-refractivity contribution in [2.24, 2.45) is 15.8 Å². The van der Waals surface area contributed by atoms with Gasteiger partial charge in [-0.25, -0.2) is 9.37 Å². The number of aliphatic imine (C=N–C) groups is 1. The summed E-state index contributed by atoms with van der Waals surface area (Å²) in [5.74, 6) is -0.150. The summed E-state index contributed by atoms with van der Waals surface area (Å²) in [5.41, 5.74) is 4.76. The molecule has 7 heteroatoms. The van der Waals surface area contributed by atoms with E-state index in [9.17, 15) is 9.18 Å². The molecule has 37 heavy (non-hydrogen) atoms. The quantitative estimate of drug-likeness (QED) is 0.280. The molecule has 2 aliphatic heterocycles. The summed E-state index contributed by atoms with van der Waals surface area (Å²) < 4.78 is 19.0. The Morgan fingerprint density at radius 3 is 2.70 bits per heavy atom. The van der Waals surface area contributed by atoms with E-state index < -0.39 is 0 Å². The minimum absolute atomic E-state index is 0.0145. The van der Waals surface area contributed by atoms with Crippen molar-refractivity contribution in [2.75, 3.05) is 32.8 Å². The number of benzene rings is 1. The third-order valence-electron chi connectivity index (χ3n) is 7.97. The number of thiazole rings is 1. The molecule has 2 aliphatic rings. The van der Waals surface area contributed by atoms with Crippen molar-refractivity contribution < 1.29 is 13.9 Å². The molecule has 4 rings (SSSR count). The van der Waals surface area contributed by atoms with E-state index in [4.69, 9.17) is 14.7 Å². The summed E-state index contributed by atoms with van der Waals surface area (Å²) in [7, 11) is 0. The maximum atomic E-state index is 13.6. The average Bonchev–Trinajstić information content (AvgIpc) is 3.33. The average molecular weight is 524 g/mol. The first-order valence-corrected chi connectivity index (χ1v) is 14.0. The second-order valence-electron chi connectivity index (χ2n) is 11.1. The van der Waals surface area contributed by atoms with E-state index in [0.29, 0.717) is 6.54 Å². The minimum Gasteiger partial charge on any atom is -0.380 e. The Morgan fingerprint density at radius 1 is 1.32 bits per heavy atom. The predicted octanol–water partition coefficient (Wildman–Crippen LogP) is 6.46. The fraction of sp³-hybridized carbons (Fsp3) is 0.500. The molecule has 0 radical (unpaired) electrons. The Balaban J connectivity index is 1.54. The van der Waals surface area contributed by atoms with Crippen LogP contribution >= 0.6 is 11.3 Å². The fourth-order valence-electron chi connectivity index (χ4n) is 4.70. The molecule has 198 valence electrons. The molecule has 1 aromatic carbocycles. The predicted molar refractivity (Wildman–Crippen MR) is 150 cm³/mol. The molecule has 0 bridgehead atoms. The molecule has 1 amide bonds. The number of halogens is 1. The normalized spacial score (nSPS) is 18.1. The van der Waals surface area contributed by atoms with Crippen LogP contribution < -0.4 is 0 Å². The van der Waals surface area contributed by atoms with Gasteiger partial charge in [0.2, 0.25) is 5.91 Å². The van der Waals surface area contributed by atoms with E-state index in [1.54, 1.807) is 12.1 Å². The molecule has 0 N–H and O–H groups in total. The van der Waals surface area contributed by atoms with Crippen LogP contribution in [0.1, 0.15) is 63.2 Å². The monoisotopic (exact) mass is 523 g/mol. The second kappa shape index (κ2) is 11.4. The summed E-state index contributed by atoms with van der Waals surface area (Å²) in [6.45, 7) is 16.4. The standard InChI is InChI=1S/C30H38FN3O2S/c1-6-29(4,5)21(2)15-32-16-26(22(3)23-8-10-24(31)11-9-23)28-33-25(17-37-28)14-27(35)34-13-7-12-30(18-34)19-36-20-30/h8-11,16-17H,2,6-7,12-15,18-20H2,1,3-5H3/b26-22-,32-16?. The number of hydrogen-bond donors (Lipinski definition) is 0. The van der Waals surface area contributed by atoms with E-state index >= 15 is 0 Å². The third-order valence-corrected chi connectivity index (χ3v) is 8.89. The lowest BCUT2D eigenvalue weighted by atomic mass is 9.78. The van der Waals surface area contributed by atoms with Gasteiger partial charge in [0.25, 0.3) is 0 Å². The minimum atomic E-state index is -0.270. The smallest absolute Gasteiger partial charge is 0.228 e. The maximum absolute atomic E-state index is 13.6. The van der Waals surface area contributed by atoms with Gasteiger partial charge >= 0.3 is 0 Å². The number of allylic oxidation sites excluding steroid dienone is 2. The molecule has 2 saturated heterocycles. The zero-order chi connectivity index (χ0) is 26.6. The van der Waals surface area contributed by atoms with Crippen LogP contribution in [0.15, 0.2) is 46.8 Å². The van der Waals surface area contributed by atoms with Crippen molar-refractivity contribution in [3.8, 4) is 0 Å². The van der Waals surface area contributed by atoms with Gasteiger partial charge in [0, 0.05) is 35.7 Å². The first-order valence-electron chi connectivity index (χ1n) is 13.1. The molecule has 5 nitrogen and oxygen atoms in total. The highest BCUT2D eigenvalue weighted by Gasteiger charge is 2.43. The van der Waals surface area contributed by atoms with Crippen LogP contribution in [-0.2, 0) is 16.0 Å². The Labute approximate surface area is 224 Å². The molecule has 0 unspecified atom stereocenters. The van der Waals surface area contributed by atoms with Crippen molar-refractivity contribution in [1.29, 1.82) is 0 Å². The van der Waals surface area contributed by atoms with Crippen molar-refractivity contribution in [3.05, 3.63) is 63.9 Å². The molecule has 2 aromatic rings. The number of carbonyl (C=O) groups is 1. The van der Waals surface area contributed by atoms with E-state index in [2.05, 4.69) is 27.4 Å². The van der Waals surface area contributed by atoms with Gasteiger partial charge in [-0.15, -0.1) is 11.3 Å². The molecule has 0 aliphatic carbocycles. The summed E-state index contributed by atoms with van der Waals surface area (Å²) >= 11 is 1.51. The number of rotatable bonds is 9. The molecule has 2 fully saturated rings. The second-order valence-corrected chi connectivity index (χ2v) is 11.9. The highest BCUT2D eigenvalue weighted by Crippen LogP contribution is 2.37. The number of hydrogen-bond acceptors (Lipinski definition) is 5. The van der Waals surface area contributed by atoms with Gasteiger partial charge < -0.3 is 9.64 Å². The van der Waals surface area contributed by atoms with Gasteiger partial charge in [-0.1, -0.05) is 45.1 Å². The molecule has 1 aromatic heterocycles. The highest BCUT2D eigenvalue weighted by molar-refractivity contribution is 7.11. The van der Waals surface area contributed by atoms with Crippen LogP contribution in [0.5, 0.6) is 0 Å². The van der Waals surface area contributed by atoms with Crippen molar-refractivity contribution in [3.63, 3.8) is 0 Å². The van der Waals surface area contributed by atoms with E-state index in [1.807, 2.05) is 23.4 Å². The summed E-state index contributed by atoms with van der Waals surface area (Å²) in [4.78, 5) is 24.6. The number of piperidine rings is 1. The molecular weight excluding hydrogens is 485 g/mol. The lowest BCUT2D eigenvalue weighted by molar-refractivity contribution is -0.158. The summed E-state index contributed by atoms with van der Waals surface area (Å²) in [5, 5.41) is 2.76. The SMILES string of the molecule is C=C(CN=C/C(=C(\C)c1ccc(F)cc1)c1nc(CC(=O)N2CCCC3(COC3)C2)cs1)C(C)(C)CC. The Hall–Kier alpha value is -2.64. The highest BCUT2D eigenvalue weighted by atomic mass is 32.1. The zero-order valence-electron chi connectivity index (χ0n) is 22.5. The molecular formula is C30H38FN3O2S. The number of ether oxygens (including phenoxy) is 1.